The highest BCUT2D eigenvalue weighted by Crippen LogP contribution is 2.21. The minimum Gasteiger partial charge on any atom is -0.484 e. The lowest BCUT2D eigenvalue weighted by atomic mass is 10.2. The van der Waals surface area contributed by atoms with E-state index >= 15 is 0 Å². The van der Waals surface area contributed by atoms with Crippen LogP contribution >= 0.6 is 11.6 Å². The third-order valence-electron chi connectivity index (χ3n) is 3.89. The first-order chi connectivity index (χ1) is 15.0. The first-order valence-corrected chi connectivity index (χ1v) is 11.8. The van der Waals surface area contributed by atoms with Crippen molar-refractivity contribution >= 4 is 45.3 Å². The normalized spacial score (nSPS) is 11.4. The van der Waals surface area contributed by atoms with Crippen LogP contribution in [0, 0.1) is 0 Å². The first-order valence-electron chi connectivity index (χ1n) is 9.62. The number of ether oxygens (including phenoxy) is 1. The second-order valence-corrected chi connectivity index (χ2v) is 9.47. The van der Waals surface area contributed by atoms with Gasteiger partial charge in [0, 0.05) is 11.1 Å². The lowest BCUT2D eigenvalue weighted by Crippen LogP contribution is -2.39. The van der Waals surface area contributed by atoms with Gasteiger partial charge in [0.2, 0.25) is 10.0 Å². The van der Waals surface area contributed by atoms with E-state index in [4.69, 9.17) is 16.3 Å². The van der Waals surface area contributed by atoms with Gasteiger partial charge in [0.15, 0.2) is 6.61 Å². The average molecular weight is 481 g/mol. The lowest BCUT2D eigenvalue weighted by Gasteiger charge is -2.21. The minimum absolute atomic E-state index is 0.0369. The quantitative estimate of drug-likeness (QED) is 0.399. The molecule has 0 aliphatic rings. The zero-order valence-electron chi connectivity index (χ0n) is 17.9. The van der Waals surface area contributed by atoms with Crippen LogP contribution in [0.25, 0.3) is 0 Å². The van der Waals surface area contributed by atoms with Gasteiger partial charge in [-0.2, -0.15) is 5.10 Å². The maximum Gasteiger partial charge on any atom is 0.260 e. The van der Waals surface area contributed by atoms with E-state index in [0.29, 0.717) is 16.3 Å². The SMILES string of the molecule is CC(C)NC(=O)COc1ccc(/C=N\NC(=O)CN(c2cccc(Cl)c2)S(C)(=O)=O)cc1. The zero-order valence-corrected chi connectivity index (χ0v) is 19.5. The van der Waals surface area contributed by atoms with E-state index in [0.717, 1.165) is 10.6 Å². The summed E-state index contributed by atoms with van der Waals surface area (Å²) in [6.07, 6.45) is 2.40. The number of nitrogens with zero attached hydrogens (tertiary/aromatic N) is 2. The van der Waals surface area contributed by atoms with Gasteiger partial charge >= 0.3 is 0 Å². The number of hydrazone groups is 1. The molecule has 2 rings (SSSR count). The molecule has 2 amide bonds. The summed E-state index contributed by atoms with van der Waals surface area (Å²) in [6, 6.07) is 12.9. The summed E-state index contributed by atoms with van der Waals surface area (Å²) in [4.78, 5) is 23.8. The van der Waals surface area contributed by atoms with Crippen molar-refractivity contribution < 1.29 is 22.7 Å². The number of nitrogens with one attached hydrogen (secondary N) is 2. The van der Waals surface area contributed by atoms with Crippen LogP contribution in [-0.2, 0) is 19.6 Å². The first kappa shape index (κ1) is 25.2. The van der Waals surface area contributed by atoms with Crippen molar-refractivity contribution in [1.82, 2.24) is 10.7 Å². The Morgan fingerprint density at radius 1 is 1.16 bits per heavy atom. The number of carbonyl (C=O) groups excluding carboxylic acids is 2. The average Bonchev–Trinajstić information content (AvgIpc) is 2.70. The number of halogens is 1. The van der Waals surface area contributed by atoms with Crippen LogP contribution in [0.4, 0.5) is 5.69 Å². The fourth-order valence-corrected chi connectivity index (χ4v) is 3.57. The molecule has 0 unspecified atom stereocenters. The summed E-state index contributed by atoms with van der Waals surface area (Å²) in [6.45, 7) is 3.18. The molecular weight excluding hydrogens is 456 g/mol. The summed E-state index contributed by atoms with van der Waals surface area (Å²) in [5.41, 5.74) is 3.24. The molecule has 0 atom stereocenters. The predicted molar refractivity (Wildman–Crippen MR) is 125 cm³/mol. The topological polar surface area (TPSA) is 117 Å². The van der Waals surface area contributed by atoms with Crippen LogP contribution in [0.1, 0.15) is 19.4 Å². The molecule has 0 saturated heterocycles. The van der Waals surface area contributed by atoms with E-state index in [1.54, 1.807) is 42.5 Å². The Kier molecular flexibility index (Phi) is 9.03. The number of rotatable bonds is 10. The molecule has 0 radical (unpaired) electrons. The minimum atomic E-state index is -3.71. The molecule has 0 bridgehead atoms. The van der Waals surface area contributed by atoms with Gasteiger partial charge in [-0.15, -0.1) is 0 Å². The van der Waals surface area contributed by atoms with Crippen LogP contribution in [0.3, 0.4) is 0 Å². The molecule has 32 heavy (non-hydrogen) atoms. The number of benzene rings is 2. The Labute approximate surface area is 192 Å². The maximum atomic E-state index is 12.2. The number of sulfonamides is 1. The van der Waals surface area contributed by atoms with E-state index in [1.165, 1.54) is 12.3 Å². The van der Waals surface area contributed by atoms with Gasteiger partial charge in [0.25, 0.3) is 11.8 Å². The van der Waals surface area contributed by atoms with Gasteiger partial charge in [0.1, 0.15) is 12.3 Å². The fraction of sp³-hybridized carbons (Fsp3) is 0.286. The van der Waals surface area contributed by atoms with Crippen LogP contribution in [0.5, 0.6) is 5.75 Å². The second-order valence-electron chi connectivity index (χ2n) is 7.12. The Morgan fingerprint density at radius 3 is 2.44 bits per heavy atom. The Bertz CT molecular complexity index is 1070. The molecule has 2 aromatic carbocycles. The summed E-state index contributed by atoms with van der Waals surface area (Å²) in [5.74, 6) is -0.326. The number of anilines is 1. The standard InChI is InChI=1S/C21H25ClN4O5S/c1-15(2)24-21(28)14-31-19-9-7-16(8-10-19)12-23-25-20(27)13-26(32(3,29)30)18-6-4-5-17(22)11-18/h4-12,15H,13-14H2,1-3H3,(H,24,28)(H,25,27)/b23-12-. The van der Waals surface area contributed by atoms with E-state index < -0.39 is 22.5 Å². The highest BCUT2D eigenvalue weighted by Gasteiger charge is 2.20. The molecule has 0 saturated carbocycles. The molecule has 172 valence electrons. The van der Waals surface area contributed by atoms with E-state index in [9.17, 15) is 18.0 Å². The second kappa shape index (κ2) is 11.5. The molecular formula is C21H25ClN4O5S. The maximum absolute atomic E-state index is 12.2. The van der Waals surface area contributed by atoms with Crippen molar-refractivity contribution in [3.63, 3.8) is 0 Å². The molecule has 0 spiro atoms. The summed E-state index contributed by atoms with van der Waals surface area (Å²) < 4.78 is 30.5. The number of amides is 2. The molecule has 11 heteroatoms. The van der Waals surface area contributed by atoms with Crippen LogP contribution in [-0.4, -0.2) is 51.9 Å². The van der Waals surface area contributed by atoms with Gasteiger partial charge in [-0.05, 0) is 61.9 Å². The highest BCUT2D eigenvalue weighted by atomic mass is 35.5. The number of hydrogen-bond acceptors (Lipinski definition) is 6. The van der Waals surface area contributed by atoms with Crippen LogP contribution in [0.2, 0.25) is 5.02 Å². The Morgan fingerprint density at radius 2 is 1.84 bits per heavy atom. The molecule has 0 aromatic heterocycles. The predicted octanol–water partition coefficient (Wildman–Crippen LogP) is 2.16. The van der Waals surface area contributed by atoms with Crippen molar-refractivity contribution in [3.8, 4) is 5.75 Å². The third-order valence-corrected chi connectivity index (χ3v) is 5.26. The smallest absolute Gasteiger partial charge is 0.260 e. The summed E-state index contributed by atoms with van der Waals surface area (Å²) in [7, 11) is -3.71. The van der Waals surface area contributed by atoms with Gasteiger partial charge < -0.3 is 10.1 Å². The molecule has 9 nitrogen and oxygen atoms in total. The van der Waals surface area contributed by atoms with Crippen molar-refractivity contribution in [3.05, 3.63) is 59.1 Å². The molecule has 2 aromatic rings. The third kappa shape index (κ3) is 8.56. The monoisotopic (exact) mass is 480 g/mol. The van der Waals surface area contributed by atoms with E-state index in [-0.39, 0.29) is 24.2 Å². The lowest BCUT2D eigenvalue weighted by molar-refractivity contribution is -0.123. The molecule has 0 aliphatic heterocycles. The van der Waals surface area contributed by atoms with Crippen LogP contribution in [0.15, 0.2) is 53.6 Å². The van der Waals surface area contributed by atoms with Gasteiger partial charge in [-0.25, -0.2) is 13.8 Å². The Balaban J connectivity index is 1.91. The fourth-order valence-electron chi connectivity index (χ4n) is 2.54. The largest absolute Gasteiger partial charge is 0.484 e. The van der Waals surface area contributed by atoms with E-state index in [1.807, 2.05) is 13.8 Å². The molecule has 0 heterocycles. The van der Waals surface area contributed by atoms with Crippen molar-refractivity contribution in [2.75, 3.05) is 23.7 Å². The number of hydrogen-bond donors (Lipinski definition) is 2. The molecule has 0 aliphatic carbocycles. The molecule has 0 fully saturated rings. The molecule has 2 N–H and O–H groups in total. The van der Waals surface area contributed by atoms with Gasteiger partial charge in [-0.1, -0.05) is 17.7 Å². The van der Waals surface area contributed by atoms with E-state index in [2.05, 4.69) is 15.8 Å². The summed E-state index contributed by atoms with van der Waals surface area (Å²) >= 11 is 5.92. The summed E-state index contributed by atoms with van der Waals surface area (Å²) in [5, 5.41) is 6.92. The zero-order chi connectivity index (χ0) is 23.7. The van der Waals surface area contributed by atoms with Gasteiger partial charge in [-0.3, -0.25) is 13.9 Å². The highest BCUT2D eigenvalue weighted by molar-refractivity contribution is 7.92. The number of carbonyl (C=O) groups is 2. The van der Waals surface area contributed by atoms with Crippen molar-refractivity contribution in [2.45, 2.75) is 19.9 Å². The van der Waals surface area contributed by atoms with Crippen molar-refractivity contribution in [2.24, 2.45) is 5.10 Å². The van der Waals surface area contributed by atoms with Gasteiger partial charge in [0.05, 0.1) is 18.2 Å². The Hall–Kier alpha value is -3.11. The van der Waals surface area contributed by atoms with Crippen LogP contribution < -0.4 is 19.8 Å². The van der Waals surface area contributed by atoms with Crippen molar-refractivity contribution in [1.29, 1.82) is 0 Å².